The highest BCUT2D eigenvalue weighted by Gasteiger charge is 2.31. The van der Waals surface area contributed by atoms with Crippen LogP contribution in [0.25, 0.3) is 10.9 Å². The third kappa shape index (κ3) is 4.24. The lowest BCUT2D eigenvalue weighted by Crippen LogP contribution is -2.47. The van der Waals surface area contributed by atoms with Crippen molar-refractivity contribution in [2.75, 3.05) is 44.7 Å². The minimum absolute atomic E-state index is 0.459. The predicted octanol–water partition coefficient (Wildman–Crippen LogP) is 4.05. The highest BCUT2D eigenvalue weighted by atomic mass is 19.4. The molecule has 1 atom stereocenters. The number of piperazine rings is 1. The van der Waals surface area contributed by atoms with Gasteiger partial charge in [0.25, 0.3) is 0 Å². The molecule has 0 amide bonds. The molecule has 0 radical (unpaired) electrons. The summed E-state index contributed by atoms with van der Waals surface area (Å²) in [6, 6.07) is 11.1. The maximum atomic E-state index is 13.0. The van der Waals surface area contributed by atoms with Crippen LogP contribution < -0.4 is 9.64 Å². The first kappa shape index (κ1) is 20.6. The van der Waals surface area contributed by atoms with Crippen LogP contribution in [0.3, 0.4) is 0 Å². The summed E-state index contributed by atoms with van der Waals surface area (Å²) < 4.78 is 44.2. The molecular weight excluding hydrogens is 395 g/mol. The van der Waals surface area contributed by atoms with E-state index in [0.29, 0.717) is 38.4 Å². The first-order valence-corrected chi connectivity index (χ1v) is 9.83. The van der Waals surface area contributed by atoms with Crippen molar-refractivity contribution in [3.63, 3.8) is 0 Å². The summed E-state index contributed by atoms with van der Waals surface area (Å²) in [6.45, 7) is 3.00. The van der Waals surface area contributed by atoms with Crippen molar-refractivity contribution in [1.29, 1.82) is 0 Å². The number of benzene rings is 2. The van der Waals surface area contributed by atoms with E-state index in [1.807, 2.05) is 29.3 Å². The average molecular weight is 419 g/mol. The van der Waals surface area contributed by atoms with E-state index in [0.717, 1.165) is 28.3 Å². The smallest absolute Gasteiger partial charge is 0.416 e. The van der Waals surface area contributed by atoms with Crippen LogP contribution in [0, 0.1) is 0 Å². The summed E-state index contributed by atoms with van der Waals surface area (Å²) in [5.74, 6) is 0.727. The number of ether oxygens (including phenoxy) is 1. The zero-order valence-electron chi connectivity index (χ0n) is 16.6. The Labute approximate surface area is 172 Å². The number of H-pyrrole nitrogens is 1. The van der Waals surface area contributed by atoms with E-state index in [2.05, 4.69) is 9.88 Å². The molecule has 1 aromatic heterocycles. The maximum Gasteiger partial charge on any atom is 0.416 e. The van der Waals surface area contributed by atoms with Crippen molar-refractivity contribution >= 4 is 16.6 Å². The number of hydrogen-bond acceptors (Lipinski definition) is 4. The largest absolute Gasteiger partial charge is 0.497 e. The van der Waals surface area contributed by atoms with Gasteiger partial charge in [-0.3, -0.25) is 4.90 Å². The molecule has 160 valence electrons. The molecule has 0 unspecified atom stereocenters. The van der Waals surface area contributed by atoms with Crippen LogP contribution in [-0.4, -0.2) is 54.8 Å². The minimum atomic E-state index is -4.34. The van der Waals surface area contributed by atoms with E-state index >= 15 is 0 Å². The lowest BCUT2D eigenvalue weighted by atomic mass is 10.1. The molecule has 1 aliphatic rings. The third-order valence-corrected chi connectivity index (χ3v) is 5.62. The number of hydrogen-bond donors (Lipinski definition) is 2. The van der Waals surface area contributed by atoms with Gasteiger partial charge in [0, 0.05) is 61.1 Å². The number of nitrogens with one attached hydrogen (secondary N) is 1. The molecule has 2 heterocycles. The van der Waals surface area contributed by atoms with Crippen molar-refractivity contribution in [1.82, 2.24) is 9.88 Å². The van der Waals surface area contributed by atoms with Gasteiger partial charge in [-0.1, -0.05) is 6.07 Å². The molecule has 2 aromatic carbocycles. The van der Waals surface area contributed by atoms with E-state index in [1.165, 1.54) is 12.1 Å². The Hall–Kier alpha value is -2.71. The monoisotopic (exact) mass is 419 g/mol. The topological polar surface area (TPSA) is 51.7 Å². The van der Waals surface area contributed by atoms with Crippen LogP contribution in [0.15, 0.2) is 48.7 Å². The van der Waals surface area contributed by atoms with Crippen molar-refractivity contribution in [3.8, 4) is 5.75 Å². The zero-order valence-corrected chi connectivity index (χ0v) is 16.6. The second-order valence-electron chi connectivity index (χ2n) is 7.51. The van der Waals surface area contributed by atoms with E-state index < -0.39 is 17.8 Å². The van der Waals surface area contributed by atoms with Gasteiger partial charge in [-0.15, -0.1) is 0 Å². The lowest BCUT2D eigenvalue weighted by molar-refractivity contribution is -0.137. The number of alkyl halides is 3. The SMILES string of the molecule is COc1ccc2[nH]cc([C@H](O)CN3CCN(c4cccc(C(F)(F)F)c4)CC3)c2c1. The molecule has 5 nitrogen and oxygen atoms in total. The van der Waals surface area contributed by atoms with Crippen LogP contribution in [0.4, 0.5) is 18.9 Å². The molecule has 1 saturated heterocycles. The summed E-state index contributed by atoms with van der Waals surface area (Å²) in [5.41, 5.74) is 1.68. The summed E-state index contributed by atoms with van der Waals surface area (Å²) in [4.78, 5) is 7.26. The molecule has 4 rings (SSSR count). The highest BCUT2D eigenvalue weighted by molar-refractivity contribution is 5.85. The number of aromatic amines is 1. The number of aliphatic hydroxyl groups is 1. The molecule has 8 heteroatoms. The quantitative estimate of drug-likeness (QED) is 0.655. The van der Waals surface area contributed by atoms with Crippen LogP contribution in [0.2, 0.25) is 0 Å². The van der Waals surface area contributed by atoms with Gasteiger partial charge in [-0.2, -0.15) is 13.2 Å². The number of fused-ring (bicyclic) bond motifs is 1. The Morgan fingerprint density at radius 3 is 2.57 bits per heavy atom. The van der Waals surface area contributed by atoms with Crippen LogP contribution in [-0.2, 0) is 6.18 Å². The standard InChI is InChI=1S/C22H24F3N3O2/c1-30-17-5-6-20-18(12-17)19(13-26-20)21(29)14-27-7-9-28(10-8-27)16-4-2-3-15(11-16)22(23,24)25/h2-6,11-13,21,26,29H,7-10,14H2,1H3/t21-/m1/s1. The third-order valence-electron chi connectivity index (χ3n) is 5.62. The van der Waals surface area contributed by atoms with Gasteiger partial charge in [-0.25, -0.2) is 0 Å². The Balaban J connectivity index is 1.39. The second-order valence-corrected chi connectivity index (χ2v) is 7.51. The lowest BCUT2D eigenvalue weighted by Gasteiger charge is -2.37. The normalized spacial score (nSPS) is 16.8. The van der Waals surface area contributed by atoms with E-state index in [4.69, 9.17) is 4.74 Å². The molecule has 3 aromatic rings. The number of anilines is 1. The molecular formula is C22H24F3N3O2. The summed E-state index contributed by atoms with van der Waals surface area (Å²) in [5, 5.41) is 11.7. The molecule has 2 N–H and O–H groups in total. The van der Waals surface area contributed by atoms with E-state index in [-0.39, 0.29) is 0 Å². The predicted molar refractivity (Wildman–Crippen MR) is 110 cm³/mol. The number of nitrogens with zero attached hydrogens (tertiary/aromatic N) is 2. The summed E-state index contributed by atoms with van der Waals surface area (Å²) in [6.07, 6.45) is -3.21. The molecule has 1 fully saturated rings. The number of methoxy groups -OCH3 is 1. The Morgan fingerprint density at radius 2 is 1.87 bits per heavy atom. The molecule has 1 aliphatic heterocycles. The molecule has 0 bridgehead atoms. The summed E-state index contributed by atoms with van der Waals surface area (Å²) >= 11 is 0. The average Bonchev–Trinajstić information content (AvgIpc) is 3.17. The molecule has 0 aliphatic carbocycles. The molecule has 30 heavy (non-hydrogen) atoms. The first-order valence-electron chi connectivity index (χ1n) is 9.83. The fraction of sp³-hybridized carbons (Fsp3) is 0.364. The number of aromatic nitrogens is 1. The van der Waals surface area contributed by atoms with Gasteiger partial charge in [0.2, 0.25) is 0 Å². The Kier molecular flexibility index (Phi) is 5.62. The highest BCUT2D eigenvalue weighted by Crippen LogP contribution is 2.32. The zero-order chi connectivity index (χ0) is 21.3. The van der Waals surface area contributed by atoms with Crippen LogP contribution in [0.5, 0.6) is 5.75 Å². The van der Waals surface area contributed by atoms with Gasteiger partial charge >= 0.3 is 6.18 Å². The second kappa shape index (κ2) is 8.20. The molecule has 0 saturated carbocycles. The fourth-order valence-corrected chi connectivity index (χ4v) is 3.93. The van der Waals surface area contributed by atoms with Crippen LogP contribution >= 0.6 is 0 Å². The number of aliphatic hydroxyl groups excluding tert-OH is 1. The van der Waals surface area contributed by atoms with Gasteiger partial charge in [-0.05, 0) is 36.4 Å². The van der Waals surface area contributed by atoms with Crippen molar-refractivity contribution in [3.05, 3.63) is 59.8 Å². The molecule has 0 spiro atoms. The first-order chi connectivity index (χ1) is 14.3. The maximum absolute atomic E-state index is 13.0. The van der Waals surface area contributed by atoms with Gasteiger partial charge in [0.1, 0.15) is 5.75 Å². The number of rotatable bonds is 5. The Morgan fingerprint density at radius 1 is 1.10 bits per heavy atom. The van der Waals surface area contributed by atoms with E-state index in [9.17, 15) is 18.3 Å². The van der Waals surface area contributed by atoms with Crippen molar-refractivity contribution in [2.24, 2.45) is 0 Å². The number of halogens is 3. The Bertz CT molecular complexity index is 1010. The van der Waals surface area contributed by atoms with Crippen molar-refractivity contribution in [2.45, 2.75) is 12.3 Å². The van der Waals surface area contributed by atoms with Crippen LogP contribution in [0.1, 0.15) is 17.2 Å². The van der Waals surface area contributed by atoms with E-state index in [1.54, 1.807) is 13.2 Å². The van der Waals surface area contributed by atoms with Gasteiger partial charge in [0.05, 0.1) is 18.8 Å². The fourth-order valence-electron chi connectivity index (χ4n) is 3.93. The van der Waals surface area contributed by atoms with Gasteiger partial charge < -0.3 is 19.7 Å². The minimum Gasteiger partial charge on any atom is -0.497 e. The number of β-amino-alcohol motifs (C(OH)–C–C–N with tert-alkyl or cyclic N) is 1. The van der Waals surface area contributed by atoms with Crippen molar-refractivity contribution < 1.29 is 23.0 Å². The summed E-state index contributed by atoms with van der Waals surface area (Å²) in [7, 11) is 1.60. The van der Waals surface area contributed by atoms with Gasteiger partial charge in [0.15, 0.2) is 0 Å².